The fourth-order valence-electron chi connectivity index (χ4n) is 2.52. The van der Waals surface area contributed by atoms with Crippen LogP contribution in [0, 0.1) is 0 Å². The van der Waals surface area contributed by atoms with Gasteiger partial charge in [-0.1, -0.05) is 48.5 Å². The van der Waals surface area contributed by atoms with Crippen molar-refractivity contribution in [3.05, 3.63) is 65.7 Å². The summed E-state index contributed by atoms with van der Waals surface area (Å²) < 4.78 is 1.81. The Balaban J connectivity index is 1.52. The van der Waals surface area contributed by atoms with Crippen LogP contribution in [0.5, 0.6) is 0 Å². The van der Waals surface area contributed by atoms with Gasteiger partial charge in [-0.05, 0) is 0 Å². The average Bonchev–Trinajstić information content (AvgIpc) is 3.22. The second kappa shape index (κ2) is 6.25. The molecule has 0 saturated carbocycles. The standard InChI is InChI=1S/C18H15N5S/c1-23-11-15-9-5-8-14(17(15)22-23)10-19-21-18-20-16(12-24-18)13-6-3-2-4-7-13/h2-12H,1H3,(H,20,21). The predicted octanol–water partition coefficient (Wildman–Crippen LogP) is 4.14. The van der Waals surface area contributed by atoms with Crippen molar-refractivity contribution in [3.63, 3.8) is 0 Å². The highest BCUT2D eigenvalue weighted by molar-refractivity contribution is 7.14. The third kappa shape index (κ3) is 2.91. The van der Waals surface area contributed by atoms with Crippen molar-refractivity contribution in [2.24, 2.45) is 12.1 Å². The molecule has 0 radical (unpaired) electrons. The fourth-order valence-corrected chi connectivity index (χ4v) is 3.18. The number of anilines is 1. The van der Waals surface area contributed by atoms with Gasteiger partial charge in [0.2, 0.25) is 5.13 Å². The molecule has 4 rings (SSSR count). The number of thiazole rings is 1. The predicted molar refractivity (Wildman–Crippen MR) is 99.5 cm³/mol. The Morgan fingerprint density at radius 2 is 2.00 bits per heavy atom. The molecule has 118 valence electrons. The van der Waals surface area contributed by atoms with Crippen molar-refractivity contribution >= 4 is 33.6 Å². The van der Waals surface area contributed by atoms with Crippen LogP contribution in [0.3, 0.4) is 0 Å². The lowest BCUT2D eigenvalue weighted by Crippen LogP contribution is -1.92. The zero-order chi connectivity index (χ0) is 16.4. The molecule has 6 heteroatoms. The van der Waals surface area contributed by atoms with Crippen LogP contribution in [0.1, 0.15) is 5.56 Å². The maximum atomic E-state index is 4.55. The molecule has 1 N–H and O–H groups in total. The van der Waals surface area contributed by atoms with Crippen LogP contribution in [0.2, 0.25) is 0 Å². The normalized spacial score (nSPS) is 11.4. The lowest BCUT2D eigenvalue weighted by Gasteiger charge is -1.96. The first-order valence-corrected chi connectivity index (χ1v) is 8.40. The van der Waals surface area contributed by atoms with E-state index in [4.69, 9.17) is 0 Å². The summed E-state index contributed by atoms with van der Waals surface area (Å²) >= 11 is 1.53. The smallest absolute Gasteiger partial charge is 0.203 e. The van der Waals surface area contributed by atoms with Crippen LogP contribution >= 0.6 is 11.3 Å². The monoisotopic (exact) mass is 333 g/mol. The molecule has 0 bridgehead atoms. The van der Waals surface area contributed by atoms with Gasteiger partial charge in [0.15, 0.2) is 0 Å². The number of aromatic nitrogens is 3. The van der Waals surface area contributed by atoms with Crippen LogP contribution in [0.15, 0.2) is 65.2 Å². The first-order valence-electron chi connectivity index (χ1n) is 7.52. The molecule has 0 saturated heterocycles. The van der Waals surface area contributed by atoms with Crippen molar-refractivity contribution in [1.29, 1.82) is 0 Å². The highest BCUT2D eigenvalue weighted by atomic mass is 32.1. The molecular formula is C18H15N5S. The van der Waals surface area contributed by atoms with Crippen molar-refractivity contribution in [3.8, 4) is 11.3 Å². The van der Waals surface area contributed by atoms with E-state index in [2.05, 4.69) is 20.6 Å². The van der Waals surface area contributed by atoms with Crippen LogP contribution in [0.25, 0.3) is 22.2 Å². The van der Waals surface area contributed by atoms with Crippen molar-refractivity contribution in [2.45, 2.75) is 0 Å². The first-order chi connectivity index (χ1) is 11.8. The highest BCUT2D eigenvalue weighted by Crippen LogP contribution is 2.24. The molecule has 0 aliphatic carbocycles. The molecule has 4 aromatic rings. The number of hydrazone groups is 1. The number of hydrogen-bond acceptors (Lipinski definition) is 5. The molecule has 0 aliphatic heterocycles. The molecule has 2 heterocycles. The SMILES string of the molecule is Cn1cc2cccc(C=NNc3nc(-c4ccccc4)cs3)c2n1. The Morgan fingerprint density at radius 1 is 1.12 bits per heavy atom. The van der Waals surface area contributed by atoms with E-state index in [0.29, 0.717) is 0 Å². The summed E-state index contributed by atoms with van der Waals surface area (Å²) in [5, 5.41) is 12.7. The van der Waals surface area contributed by atoms with Crippen LogP contribution in [0.4, 0.5) is 5.13 Å². The lowest BCUT2D eigenvalue weighted by atomic mass is 10.2. The maximum absolute atomic E-state index is 4.55. The molecule has 24 heavy (non-hydrogen) atoms. The third-order valence-electron chi connectivity index (χ3n) is 3.62. The Labute approximate surface area is 143 Å². The van der Waals surface area contributed by atoms with Gasteiger partial charge in [0.1, 0.15) is 5.52 Å². The van der Waals surface area contributed by atoms with E-state index < -0.39 is 0 Å². The Morgan fingerprint density at radius 3 is 2.88 bits per heavy atom. The number of nitrogens with one attached hydrogen (secondary N) is 1. The summed E-state index contributed by atoms with van der Waals surface area (Å²) in [5.74, 6) is 0. The number of nitrogens with zero attached hydrogens (tertiary/aromatic N) is 4. The first kappa shape index (κ1) is 14.6. The quantitative estimate of drug-likeness (QED) is 0.451. The summed E-state index contributed by atoms with van der Waals surface area (Å²) in [4.78, 5) is 4.55. The molecule has 0 amide bonds. The molecular weight excluding hydrogens is 318 g/mol. The van der Waals surface area contributed by atoms with E-state index in [9.17, 15) is 0 Å². The van der Waals surface area contributed by atoms with Gasteiger partial charge < -0.3 is 0 Å². The number of benzene rings is 2. The topological polar surface area (TPSA) is 55.1 Å². The Kier molecular flexibility index (Phi) is 3.80. The summed E-state index contributed by atoms with van der Waals surface area (Å²) in [5.41, 5.74) is 6.96. The minimum Gasteiger partial charge on any atom is -0.275 e. The summed E-state index contributed by atoms with van der Waals surface area (Å²) in [6.45, 7) is 0. The van der Waals surface area contributed by atoms with Gasteiger partial charge in [0, 0.05) is 35.1 Å². The molecule has 0 fully saturated rings. The van der Waals surface area contributed by atoms with Gasteiger partial charge in [0.25, 0.3) is 0 Å². The van der Waals surface area contributed by atoms with E-state index in [1.54, 1.807) is 6.21 Å². The van der Waals surface area contributed by atoms with Crippen molar-refractivity contribution in [2.75, 3.05) is 5.43 Å². The Hall–Kier alpha value is -2.99. The highest BCUT2D eigenvalue weighted by Gasteiger charge is 2.04. The minimum absolute atomic E-state index is 0.762. The average molecular weight is 333 g/mol. The second-order valence-electron chi connectivity index (χ2n) is 5.36. The molecule has 2 aromatic heterocycles. The molecule has 0 atom stereocenters. The van der Waals surface area contributed by atoms with E-state index in [-0.39, 0.29) is 0 Å². The summed E-state index contributed by atoms with van der Waals surface area (Å²) in [6.07, 6.45) is 3.77. The third-order valence-corrected chi connectivity index (χ3v) is 4.37. The lowest BCUT2D eigenvalue weighted by molar-refractivity contribution is 0.779. The molecule has 0 spiro atoms. The van der Waals surface area contributed by atoms with Crippen LogP contribution in [-0.2, 0) is 7.05 Å². The molecule has 2 aromatic carbocycles. The van der Waals surface area contributed by atoms with Gasteiger partial charge in [0.05, 0.1) is 11.9 Å². The van der Waals surface area contributed by atoms with Crippen molar-refractivity contribution in [1.82, 2.24) is 14.8 Å². The maximum Gasteiger partial charge on any atom is 0.203 e. The van der Waals surface area contributed by atoms with Crippen LogP contribution < -0.4 is 5.43 Å². The molecule has 0 aliphatic rings. The summed E-state index contributed by atoms with van der Waals surface area (Å²) in [7, 11) is 1.92. The van der Waals surface area contributed by atoms with Gasteiger partial charge in [-0.2, -0.15) is 10.2 Å². The summed E-state index contributed by atoms with van der Waals surface area (Å²) in [6, 6.07) is 16.1. The van der Waals surface area contributed by atoms with Crippen molar-refractivity contribution < 1.29 is 0 Å². The van der Waals surface area contributed by atoms with Gasteiger partial charge in [-0.15, -0.1) is 11.3 Å². The molecule has 5 nitrogen and oxygen atoms in total. The number of hydrogen-bond donors (Lipinski definition) is 1. The van der Waals surface area contributed by atoms with Gasteiger partial charge >= 0.3 is 0 Å². The number of rotatable bonds is 4. The van der Waals surface area contributed by atoms with Crippen LogP contribution in [-0.4, -0.2) is 21.0 Å². The minimum atomic E-state index is 0.762. The Bertz CT molecular complexity index is 1000. The van der Waals surface area contributed by atoms with E-state index in [1.807, 2.05) is 71.8 Å². The molecule has 0 unspecified atom stereocenters. The van der Waals surface area contributed by atoms with E-state index in [0.717, 1.165) is 32.9 Å². The van der Waals surface area contributed by atoms with Gasteiger partial charge in [-0.3, -0.25) is 10.1 Å². The van der Waals surface area contributed by atoms with E-state index in [1.165, 1.54) is 11.3 Å². The zero-order valence-corrected chi connectivity index (χ0v) is 13.9. The fraction of sp³-hybridized carbons (Fsp3) is 0.0556. The largest absolute Gasteiger partial charge is 0.275 e. The van der Waals surface area contributed by atoms with E-state index >= 15 is 0 Å². The van der Waals surface area contributed by atoms with Gasteiger partial charge in [-0.25, -0.2) is 4.98 Å². The number of aryl methyl sites for hydroxylation is 1. The zero-order valence-electron chi connectivity index (χ0n) is 13.0. The second-order valence-corrected chi connectivity index (χ2v) is 6.22. The number of fused-ring (bicyclic) bond motifs is 1.